The van der Waals surface area contributed by atoms with Gasteiger partial charge in [-0.15, -0.1) is 0 Å². The Morgan fingerprint density at radius 2 is 1.67 bits per heavy atom. The SMILES string of the molecule is COc1ccc2c(c1)CN(c1cc(N3CCCCC3)ncn1)CC2. The quantitative estimate of drug-likeness (QED) is 0.868. The van der Waals surface area contributed by atoms with Crippen molar-refractivity contribution in [2.75, 3.05) is 36.5 Å². The van der Waals surface area contributed by atoms with Gasteiger partial charge in [0, 0.05) is 32.2 Å². The molecule has 1 aromatic heterocycles. The zero-order chi connectivity index (χ0) is 16.4. The van der Waals surface area contributed by atoms with Crippen molar-refractivity contribution in [2.24, 2.45) is 0 Å². The predicted octanol–water partition coefficient (Wildman–Crippen LogP) is 3.04. The number of rotatable bonds is 3. The van der Waals surface area contributed by atoms with Crippen molar-refractivity contribution in [3.8, 4) is 5.75 Å². The molecule has 0 aliphatic carbocycles. The fourth-order valence-electron chi connectivity index (χ4n) is 3.66. The molecule has 3 heterocycles. The van der Waals surface area contributed by atoms with Gasteiger partial charge in [0.1, 0.15) is 23.7 Å². The molecule has 24 heavy (non-hydrogen) atoms. The first-order chi connectivity index (χ1) is 11.8. The number of hydrogen-bond acceptors (Lipinski definition) is 5. The van der Waals surface area contributed by atoms with Crippen LogP contribution in [-0.2, 0) is 13.0 Å². The van der Waals surface area contributed by atoms with Gasteiger partial charge in [-0.25, -0.2) is 9.97 Å². The minimum absolute atomic E-state index is 0.878. The average Bonchev–Trinajstić information content (AvgIpc) is 2.68. The summed E-state index contributed by atoms with van der Waals surface area (Å²) < 4.78 is 5.37. The van der Waals surface area contributed by atoms with Crippen molar-refractivity contribution >= 4 is 11.6 Å². The summed E-state index contributed by atoms with van der Waals surface area (Å²) >= 11 is 0. The molecule has 0 saturated carbocycles. The first-order valence-corrected chi connectivity index (χ1v) is 8.81. The fourth-order valence-corrected chi connectivity index (χ4v) is 3.66. The van der Waals surface area contributed by atoms with Gasteiger partial charge >= 0.3 is 0 Å². The zero-order valence-electron chi connectivity index (χ0n) is 14.2. The van der Waals surface area contributed by atoms with Gasteiger partial charge in [0.2, 0.25) is 0 Å². The molecule has 5 nitrogen and oxygen atoms in total. The van der Waals surface area contributed by atoms with Crippen LogP contribution < -0.4 is 14.5 Å². The smallest absolute Gasteiger partial charge is 0.134 e. The highest BCUT2D eigenvalue weighted by molar-refractivity contribution is 5.52. The van der Waals surface area contributed by atoms with E-state index in [9.17, 15) is 0 Å². The normalized spacial score (nSPS) is 17.5. The minimum Gasteiger partial charge on any atom is -0.497 e. The molecule has 1 fully saturated rings. The lowest BCUT2D eigenvalue weighted by Crippen LogP contribution is -2.33. The van der Waals surface area contributed by atoms with Gasteiger partial charge in [-0.3, -0.25) is 0 Å². The van der Waals surface area contributed by atoms with E-state index in [0.29, 0.717) is 0 Å². The molecule has 0 amide bonds. The Morgan fingerprint density at radius 1 is 0.875 bits per heavy atom. The third kappa shape index (κ3) is 3.03. The third-order valence-corrected chi connectivity index (χ3v) is 5.07. The Labute approximate surface area is 143 Å². The molecular formula is C19H24N4O. The van der Waals surface area contributed by atoms with Crippen LogP contribution in [0, 0.1) is 0 Å². The second kappa shape index (κ2) is 6.67. The van der Waals surface area contributed by atoms with Crippen LogP contribution in [0.5, 0.6) is 5.75 Å². The summed E-state index contributed by atoms with van der Waals surface area (Å²) in [6, 6.07) is 8.53. The highest BCUT2D eigenvalue weighted by Crippen LogP contribution is 2.28. The van der Waals surface area contributed by atoms with E-state index in [1.807, 2.05) is 6.07 Å². The number of nitrogens with zero attached hydrogens (tertiary/aromatic N) is 4. The van der Waals surface area contributed by atoms with Gasteiger partial charge in [0.05, 0.1) is 7.11 Å². The largest absolute Gasteiger partial charge is 0.497 e. The molecule has 1 saturated heterocycles. The molecule has 0 unspecified atom stereocenters. The zero-order valence-corrected chi connectivity index (χ0v) is 14.2. The Balaban J connectivity index is 1.55. The van der Waals surface area contributed by atoms with Crippen molar-refractivity contribution in [1.82, 2.24) is 9.97 Å². The van der Waals surface area contributed by atoms with Gasteiger partial charge in [0.25, 0.3) is 0 Å². The predicted molar refractivity (Wildman–Crippen MR) is 95.8 cm³/mol. The molecule has 2 aliphatic heterocycles. The number of benzene rings is 1. The Kier molecular flexibility index (Phi) is 4.24. The third-order valence-electron chi connectivity index (χ3n) is 5.07. The number of hydrogen-bond donors (Lipinski definition) is 0. The van der Waals surface area contributed by atoms with E-state index in [1.54, 1.807) is 13.4 Å². The summed E-state index contributed by atoms with van der Waals surface area (Å²) in [6.07, 6.45) is 6.61. The van der Waals surface area contributed by atoms with Crippen molar-refractivity contribution < 1.29 is 4.74 Å². The molecule has 0 bridgehead atoms. The first-order valence-electron chi connectivity index (χ1n) is 8.81. The monoisotopic (exact) mass is 324 g/mol. The summed E-state index contributed by atoms with van der Waals surface area (Å²) in [5, 5.41) is 0. The van der Waals surface area contributed by atoms with Crippen LogP contribution in [0.15, 0.2) is 30.6 Å². The van der Waals surface area contributed by atoms with Crippen LogP contribution in [0.1, 0.15) is 30.4 Å². The van der Waals surface area contributed by atoms with Crippen molar-refractivity contribution in [2.45, 2.75) is 32.2 Å². The molecule has 0 radical (unpaired) electrons. The topological polar surface area (TPSA) is 41.5 Å². The van der Waals surface area contributed by atoms with Crippen LogP contribution in [0.4, 0.5) is 11.6 Å². The molecule has 1 aromatic carbocycles. The molecule has 2 aromatic rings. The lowest BCUT2D eigenvalue weighted by Gasteiger charge is -2.32. The number of fused-ring (bicyclic) bond motifs is 1. The highest BCUT2D eigenvalue weighted by atomic mass is 16.5. The summed E-state index contributed by atoms with van der Waals surface area (Å²) in [7, 11) is 1.72. The second-order valence-corrected chi connectivity index (χ2v) is 6.59. The fraction of sp³-hybridized carbons (Fsp3) is 0.474. The van der Waals surface area contributed by atoms with Gasteiger partial charge in [-0.2, -0.15) is 0 Å². The van der Waals surface area contributed by atoms with Crippen LogP contribution in [0.3, 0.4) is 0 Å². The number of anilines is 2. The summed E-state index contributed by atoms with van der Waals surface area (Å²) in [5.41, 5.74) is 2.75. The Bertz CT molecular complexity index is 712. The maximum absolute atomic E-state index is 5.37. The second-order valence-electron chi connectivity index (χ2n) is 6.59. The number of piperidine rings is 1. The van der Waals surface area contributed by atoms with E-state index in [4.69, 9.17) is 4.74 Å². The summed E-state index contributed by atoms with van der Waals surface area (Å²) in [4.78, 5) is 13.8. The van der Waals surface area contributed by atoms with Crippen molar-refractivity contribution in [1.29, 1.82) is 0 Å². The molecule has 5 heteroatoms. The van der Waals surface area contributed by atoms with Crippen LogP contribution in [0.25, 0.3) is 0 Å². The lowest BCUT2D eigenvalue weighted by atomic mass is 9.99. The Morgan fingerprint density at radius 3 is 2.46 bits per heavy atom. The number of methoxy groups -OCH3 is 1. The van der Waals surface area contributed by atoms with Gasteiger partial charge in [-0.1, -0.05) is 6.07 Å². The first kappa shape index (κ1) is 15.2. The lowest BCUT2D eigenvalue weighted by molar-refractivity contribution is 0.413. The molecule has 0 atom stereocenters. The van der Waals surface area contributed by atoms with E-state index in [2.05, 4.69) is 38.0 Å². The van der Waals surface area contributed by atoms with E-state index >= 15 is 0 Å². The maximum Gasteiger partial charge on any atom is 0.134 e. The summed E-state index contributed by atoms with van der Waals surface area (Å²) in [5.74, 6) is 3.02. The molecule has 0 N–H and O–H groups in total. The average molecular weight is 324 g/mol. The van der Waals surface area contributed by atoms with Gasteiger partial charge < -0.3 is 14.5 Å². The summed E-state index contributed by atoms with van der Waals surface area (Å²) in [6.45, 7) is 4.09. The maximum atomic E-state index is 5.37. The molecular weight excluding hydrogens is 300 g/mol. The van der Waals surface area contributed by atoms with Crippen molar-refractivity contribution in [3.63, 3.8) is 0 Å². The van der Waals surface area contributed by atoms with Crippen molar-refractivity contribution in [3.05, 3.63) is 41.7 Å². The van der Waals surface area contributed by atoms with Crippen LogP contribution >= 0.6 is 0 Å². The van der Waals surface area contributed by atoms with E-state index < -0.39 is 0 Å². The van der Waals surface area contributed by atoms with Gasteiger partial charge in [-0.05, 0) is 48.9 Å². The number of ether oxygens (including phenoxy) is 1. The van der Waals surface area contributed by atoms with E-state index in [0.717, 1.165) is 50.0 Å². The Hall–Kier alpha value is -2.30. The minimum atomic E-state index is 0.878. The van der Waals surface area contributed by atoms with E-state index in [-0.39, 0.29) is 0 Å². The molecule has 126 valence electrons. The standard InChI is InChI=1S/C19H24N4O/c1-24-17-6-5-15-7-10-23(13-16(15)11-17)19-12-18(20-14-21-19)22-8-3-2-4-9-22/h5-6,11-12,14H,2-4,7-10,13H2,1H3. The van der Waals surface area contributed by atoms with Crippen LogP contribution in [0.2, 0.25) is 0 Å². The van der Waals surface area contributed by atoms with E-state index in [1.165, 1.54) is 30.4 Å². The number of aromatic nitrogens is 2. The molecule has 4 rings (SSSR count). The molecule has 0 spiro atoms. The van der Waals surface area contributed by atoms with Crippen LogP contribution in [-0.4, -0.2) is 36.7 Å². The highest BCUT2D eigenvalue weighted by Gasteiger charge is 2.20. The van der Waals surface area contributed by atoms with Gasteiger partial charge in [0.15, 0.2) is 0 Å². The molecule has 2 aliphatic rings.